The summed E-state index contributed by atoms with van der Waals surface area (Å²) < 4.78 is 11.6. The van der Waals surface area contributed by atoms with E-state index in [9.17, 15) is 34.8 Å². The van der Waals surface area contributed by atoms with Gasteiger partial charge in [-0.15, -0.1) is 0 Å². The molecule has 0 saturated carbocycles. The standard InChI is InChI=1S/C20H20O9/c1-8-5-13(22)19(27)20(28-8)16-11(6-9(29-20)7-14(23)24)17(25)10-3-2-4-12(21)15(10)18(16)26/h2-4,8-9,13,19,21-22,27H,5-7H2,1H3,(H,23,24)/t8-,9+,13-,19-,20-/m1/s1. The molecule has 1 spiro atoms. The second-order valence-electron chi connectivity index (χ2n) is 7.60. The highest BCUT2D eigenvalue weighted by atomic mass is 16.7. The molecular weight excluding hydrogens is 384 g/mol. The molecule has 1 fully saturated rings. The Bertz CT molecular complexity index is 949. The summed E-state index contributed by atoms with van der Waals surface area (Å²) in [7, 11) is 0. The van der Waals surface area contributed by atoms with Gasteiger partial charge in [-0.05, 0) is 13.0 Å². The highest BCUT2D eigenvalue weighted by Crippen LogP contribution is 2.48. The van der Waals surface area contributed by atoms with Gasteiger partial charge < -0.3 is 29.9 Å². The van der Waals surface area contributed by atoms with E-state index in [4.69, 9.17) is 9.47 Å². The van der Waals surface area contributed by atoms with Gasteiger partial charge in [0.15, 0.2) is 11.6 Å². The molecule has 1 aromatic carbocycles. The van der Waals surface area contributed by atoms with Crippen LogP contribution in [0.1, 0.15) is 46.9 Å². The molecule has 29 heavy (non-hydrogen) atoms. The number of aliphatic carboxylic acids is 1. The van der Waals surface area contributed by atoms with Crippen molar-refractivity contribution in [3.63, 3.8) is 0 Å². The van der Waals surface area contributed by atoms with Gasteiger partial charge in [0.2, 0.25) is 5.79 Å². The number of aliphatic hydroxyl groups excluding tert-OH is 2. The molecule has 0 aromatic heterocycles. The number of carboxylic acids is 1. The lowest BCUT2D eigenvalue weighted by molar-refractivity contribution is -0.333. The molecule has 1 aromatic rings. The summed E-state index contributed by atoms with van der Waals surface area (Å²) in [6.07, 6.45) is -5.39. The molecule has 5 atom stereocenters. The molecule has 2 heterocycles. The molecule has 0 radical (unpaired) electrons. The summed E-state index contributed by atoms with van der Waals surface area (Å²) in [5.41, 5.74) is -0.583. The van der Waals surface area contributed by atoms with Crippen molar-refractivity contribution >= 4 is 17.5 Å². The van der Waals surface area contributed by atoms with Crippen molar-refractivity contribution in [1.82, 2.24) is 0 Å². The molecule has 4 N–H and O–H groups in total. The van der Waals surface area contributed by atoms with Crippen LogP contribution in [-0.2, 0) is 14.3 Å². The number of phenols is 1. The van der Waals surface area contributed by atoms with Gasteiger partial charge in [0.1, 0.15) is 11.9 Å². The van der Waals surface area contributed by atoms with Gasteiger partial charge in [0.25, 0.3) is 0 Å². The van der Waals surface area contributed by atoms with Crippen LogP contribution in [0.2, 0.25) is 0 Å². The fraction of sp³-hybridized carbons (Fsp3) is 0.450. The minimum absolute atomic E-state index is 0.0150. The number of fused-ring (bicyclic) bond motifs is 2. The van der Waals surface area contributed by atoms with Gasteiger partial charge in [0.05, 0.1) is 35.9 Å². The van der Waals surface area contributed by atoms with Crippen molar-refractivity contribution in [2.24, 2.45) is 0 Å². The van der Waals surface area contributed by atoms with Gasteiger partial charge >= 0.3 is 5.97 Å². The van der Waals surface area contributed by atoms with Crippen molar-refractivity contribution < 1.29 is 44.3 Å². The molecule has 0 amide bonds. The van der Waals surface area contributed by atoms with E-state index in [0.717, 1.165) is 0 Å². The van der Waals surface area contributed by atoms with Crippen LogP contribution in [0.3, 0.4) is 0 Å². The van der Waals surface area contributed by atoms with E-state index in [2.05, 4.69) is 0 Å². The van der Waals surface area contributed by atoms with E-state index in [1.807, 2.05) is 0 Å². The number of hydrogen-bond acceptors (Lipinski definition) is 8. The molecular formula is C20H20O9. The molecule has 9 nitrogen and oxygen atoms in total. The van der Waals surface area contributed by atoms with Crippen molar-refractivity contribution in [3.8, 4) is 5.75 Å². The molecule has 0 bridgehead atoms. The summed E-state index contributed by atoms with van der Waals surface area (Å²) in [6, 6.07) is 4.07. The van der Waals surface area contributed by atoms with Crippen LogP contribution in [0.15, 0.2) is 29.3 Å². The van der Waals surface area contributed by atoms with Gasteiger partial charge in [-0.1, -0.05) is 12.1 Å². The Kier molecular flexibility index (Phi) is 4.58. The molecule has 9 heteroatoms. The quantitative estimate of drug-likeness (QED) is 0.554. The molecule has 1 aliphatic carbocycles. The fourth-order valence-electron chi connectivity index (χ4n) is 4.40. The predicted molar refractivity (Wildman–Crippen MR) is 95.4 cm³/mol. The van der Waals surface area contributed by atoms with Crippen LogP contribution in [0.5, 0.6) is 5.75 Å². The Morgan fingerprint density at radius 3 is 2.62 bits per heavy atom. The first-order valence-electron chi connectivity index (χ1n) is 9.24. The number of aromatic hydroxyl groups is 1. The average Bonchev–Trinajstić information content (AvgIpc) is 2.63. The number of hydrogen-bond donors (Lipinski definition) is 4. The second-order valence-corrected chi connectivity index (χ2v) is 7.60. The second kappa shape index (κ2) is 6.74. The van der Waals surface area contributed by atoms with Crippen LogP contribution in [0.4, 0.5) is 0 Å². The maximum Gasteiger partial charge on any atom is 0.305 e. The number of Topliss-reactive ketones (excluding diaryl/α,β-unsaturated/α-hetero) is 2. The monoisotopic (exact) mass is 404 g/mol. The number of carbonyl (C=O) groups excluding carboxylic acids is 2. The smallest absolute Gasteiger partial charge is 0.305 e. The molecule has 2 aliphatic heterocycles. The lowest BCUT2D eigenvalue weighted by Gasteiger charge is -2.51. The van der Waals surface area contributed by atoms with E-state index in [-0.39, 0.29) is 35.1 Å². The number of rotatable bonds is 2. The number of aliphatic hydroxyl groups is 2. The Morgan fingerprint density at radius 2 is 1.93 bits per heavy atom. The van der Waals surface area contributed by atoms with E-state index < -0.39 is 59.9 Å². The highest BCUT2D eigenvalue weighted by Gasteiger charge is 2.60. The zero-order chi connectivity index (χ0) is 21.1. The molecule has 1 saturated heterocycles. The number of carboxylic acid groups (broad SMARTS) is 1. The summed E-state index contributed by atoms with van der Waals surface area (Å²) >= 11 is 0. The average molecular weight is 404 g/mol. The summed E-state index contributed by atoms with van der Waals surface area (Å²) in [4.78, 5) is 37.8. The Morgan fingerprint density at radius 1 is 1.21 bits per heavy atom. The molecule has 3 aliphatic rings. The first-order valence-corrected chi connectivity index (χ1v) is 9.24. The molecule has 154 valence electrons. The maximum absolute atomic E-state index is 13.3. The summed E-state index contributed by atoms with van der Waals surface area (Å²) in [6.45, 7) is 1.60. The third-order valence-corrected chi connectivity index (χ3v) is 5.54. The highest BCUT2D eigenvalue weighted by molar-refractivity contribution is 6.28. The topological polar surface area (TPSA) is 151 Å². The molecule has 0 unspecified atom stereocenters. The Balaban J connectivity index is 1.94. The third kappa shape index (κ3) is 2.89. The van der Waals surface area contributed by atoms with Crippen molar-refractivity contribution in [2.75, 3.05) is 0 Å². The Labute approximate surface area is 165 Å². The van der Waals surface area contributed by atoms with E-state index in [0.29, 0.717) is 0 Å². The Hall–Kier alpha value is -2.59. The van der Waals surface area contributed by atoms with Crippen LogP contribution in [-0.4, -0.2) is 68.2 Å². The number of benzene rings is 1. The summed E-state index contributed by atoms with van der Waals surface area (Å²) in [5, 5.41) is 40.5. The SMILES string of the molecule is C[C@@H]1C[C@@H](O)[C@@H](O)[C@@]2(O[C@H](CC(=O)O)CC3=C2C(=O)c2c(O)cccc2C3=O)O1. The van der Waals surface area contributed by atoms with Gasteiger partial charge in [-0.2, -0.15) is 0 Å². The lowest BCUT2D eigenvalue weighted by Crippen LogP contribution is -2.64. The van der Waals surface area contributed by atoms with Crippen molar-refractivity contribution in [1.29, 1.82) is 0 Å². The zero-order valence-corrected chi connectivity index (χ0v) is 15.5. The first-order chi connectivity index (χ1) is 13.7. The first kappa shape index (κ1) is 19.7. The van der Waals surface area contributed by atoms with Crippen LogP contribution >= 0.6 is 0 Å². The normalized spacial score (nSPS) is 34.2. The van der Waals surface area contributed by atoms with Crippen LogP contribution in [0, 0.1) is 0 Å². The minimum Gasteiger partial charge on any atom is -0.507 e. The van der Waals surface area contributed by atoms with Gasteiger partial charge in [0, 0.05) is 24.0 Å². The number of ketones is 2. The predicted octanol–water partition coefficient (Wildman–Crippen LogP) is 0.558. The van der Waals surface area contributed by atoms with Gasteiger partial charge in [-0.3, -0.25) is 14.4 Å². The largest absolute Gasteiger partial charge is 0.507 e. The lowest BCUT2D eigenvalue weighted by atomic mass is 9.73. The number of carbonyl (C=O) groups is 3. The molecule has 4 rings (SSSR count). The van der Waals surface area contributed by atoms with E-state index in [1.54, 1.807) is 6.92 Å². The van der Waals surface area contributed by atoms with Gasteiger partial charge in [-0.25, -0.2) is 0 Å². The number of phenolic OH excluding ortho intramolecular Hbond substituents is 1. The van der Waals surface area contributed by atoms with Crippen molar-refractivity contribution in [2.45, 2.75) is 56.4 Å². The number of ether oxygens (including phenoxy) is 2. The maximum atomic E-state index is 13.3. The van der Waals surface area contributed by atoms with E-state index in [1.165, 1.54) is 18.2 Å². The zero-order valence-electron chi connectivity index (χ0n) is 15.5. The van der Waals surface area contributed by atoms with Crippen LogP contribution < -0.4 is 0 Å². The third-order valence-electron chi connectivity index (χ3n) is 5.54. The fourth-order valence-corrected chi connectivity index (χ4v) is 4.40. The van der Waals surface area contributed by atoms with Crippen molar-refractivity contribution in [3.05, 3.63) is 40.5 Å². The van der Waals surface area contributed by atoms with E-state index >= 15 is 0 Å². The summed E-state index contributed by atoms with van der Waals surface area (Å²) in [5.74, 6) is -5.15. The minimum atomic E-state index is -2.21. The van der Waals surface area contributed by atoms with Crippen LogP contribution in [0.25, 0.3) is 0 Å².